The topological polar surface area (TPSA) is 47.1 Å². The van der Waals surface area contributed by atoms with Gasteiger partial charge in [0.05, 0.1) is 12.0 Å². The van der Waals surface area contributed by atoms with Gasteiger partial charge in [0, 0.05) is 49.4 Å². The molecule has 150 valence electrons. The molecule has 1 aliphatic heterocycles. The summed E-state index contributed by atoms with van der Waals surface area (Å²) in [5.74, 6) is 1.03. The monoisotopic (exact) mass is 396 g/mol. The van der Waals surface area contributed by atoms with Crippen molar-refractivity contribution in [1.82, 2.24) is 19.6 Å². The molecule has 1 aliphatic carbocycles. The molecule has 1 saturated carbocycles. The lowest BCUT2D eigenvalue weighted by molar-refractivity contribution is 0.223. The third kappa shape index (κ3) is 3.25. The largest absolute Gasteiger partial charge is 0.360 e. The zero-order valence-electron chi connectivity index (χ0n) is 16.9. The average Bonchev–Trinajstić information content (AvgIpc) is 3.39. The van der Waals surface area contributed by atoms with E-state index in [9.17, 15) is 0 Å². The predicted molar refractivity (Wildman–Crippen MR) is 116 cm³/mol. The highest BCUT2D eigenvalue weighted by Gasteiger charge is 2.28. The minimum Gasteiger partial charge on any atom is -0.360 e. The number of imidazole rings is 1. The quantitative estimate of drug-likeness (QED) is 0.471. The second-order valence-corrected chi connectivity index (χ2v) is 8.36. The predicted octanol–water partition coefficient (Wildman–Crippen LogP) is 5.10. The van der Waals surface area contributed by atoms with Gasteiger partial charge in [-0.25, -0.2) is 4.98 Å². The van der Waals surface area contributed by atoms with Crippen molar-refractivity contribution in [3.05, 3.63) is 84.1 Å². The molecule has 5 heteroatoms. The van der Waals surface area contributed by atoms with E-state index in [2.05, 4.69) is 68.1 Å². The third-order valence-electron chi connectivity index (χ3n) is 6.24. The van der Waals surface area contributed by atoms with Crippen LogP contribution in [-0.2, 0) is 19.5 Å². The minimum atomic E-state index is 0.664. The molecule has 5 nitrogen and oxygen atoms in total. The molecule has 0 spiro atoms. The van der Waals surface area contributed by atoms with Crippen LogP contribution >= 0.6 is 0 Å². The molecule has 30 heavy (non-hydrogen) atoms. The second-order valence-electron chi connectivity index (χ2n) is 8.36. The van der Waals surface area contributed by atoms with Gasteiger partial charge in [-0.05, 0) is 24.0 Å². The molecule has 0 atom stereocenters. The Balaban J connectivity index is 1.24. The van der Waals surface area contributed by atoms with Gasteiger partial charge in [0.2, 0.25) is 0 Å². The van der Waals surface area contributed by atoms with E-state index >= 15 is 0 Å². The first-order valence-corrected chi connectivity index (χ1v) is 10.7. The Morgan fingerprint density at radius 1 is 0.933 bits per heavy atom. The molecule has 6 rings (SSSR count). The van der Waals surface area contributed by atoms with Crippen LogP contribution < -0.4 is 0 Å². The normalized spacial score (nSPS) is 16.5. The molecule has 0 N–H and O–H groups in total. The zero-order chi connectivity index (χ0) is 19.9. The molecule has 1 fully saturated rings. The summed E-state index contributed by atoms with van der Waals surface area (Å²) in [5, 5.41) is 4.44. The summed E-state index contributed by atoms with van der Waals surface area (Å²) in [4.78, 5) is 6.87. The molecule has 0 radical (unpaired) electrons. The Hall–Kier alpha value is -3.18. The van der Waals surface area contributed by atoms with E-state index in [1.165, 1.54) is 35.2 Å². The highest BCUT2D eigenvalue weighted by molar-refractivity contribution is 5.70. The third-order valence-corrected chi connectivity index (χ3v) is 6.24. The van der Waals surface area contributed by atoms with Gasteiger partial charge >= 0.3 is 0 Å². The van der Waals surface area contributed by atoms with E-state index in [1.807, 2.05) is 18.6 Å². The second kappa shape index (κ2) is 7.26. The van der Waals surface area contributed by atoms with Gasteiger partial charge < -0.3 is 9.09 Å². The average molecular weight is 396 g/mol. The maximum absolute atomic E-state index is 5.72. The fraction of sp³-hybridized carbons (Fsp3) is 0.280. The molecule has 0 saturated heterocycles. The van der Waals surface area contributed by atoms with Crippen LogP contribution in [0, 0.1) is 0 Å². The lowest BCUT2D eigenvalue weighted by atomic mass is 9.99. The van der Waals surface area contributed by atoms with E-state index in [-0.39, 0.29) is 0 Å². The zero-order valence-corrected chi connectivity index (χ0v) is 16.9. The fourth-order valence-corrected chi connectivity index (χ4v) is 4.44. The molecule has 2 aromatic heterocycles. The van der Waals surface area contributed by atoms with Crippen LogP contribution in [0.3, 0.4) is 0 Å². The fourth-order valence-electron chi connectivity index (χ4n) is 4.44. The Bertz CT molecular complexity index is 1160. The van der Waals surface area contributed by atoms with Crippen molar-refractivity contribution in [2.24, 2.45) is 0 Å². The van der Waals surface area contributed by atoms with Gasteiger partial charge in [0.25, 0.3) is 0 Å². The van der Waals surface area contributed by atoms with E-state index in [0.717, 1.165) is 43.1 Å². The van der Waals surface area contributed by atoms with Crippen molar-refractivity contribution in [3.8, 4) is 22.4 Å². The van der Waals surface area contributed by atoms with Crippen molar-refractivity contribution >= 4 is 0 Å². The van der Waals surface area contributed by atoms with Crippen LogP contribution in [0.2, 0.25) is 0 Å². The van der Waals surface area contributed by atoms with Crippen molar-refractivity contribution in [3.63, 3.8) is 0 Å². The summed E-state index contributed by atoms with van der Waals surface area (Å²) in [7, 11) is 0. The van der Waals surface area contributed by atoms with Gasteiger partial charge in [0.1, 0.15) is 11.5 Å². The van der Waals surface area contributed by atoms with Crippen molar-refractivity contribution in [1.29, 1.82) is 0 Å². The van der Waals surface area contributed by atoms with Crippen LogP contribution in [0.25, 0.3) is 22.4 Å². The first-order valence-electron chi connectivity index (χ1n) is 10.7. The van der Waals surface area contributed by atoms with Crippen LogP contribution in [-0.4, -0.2) is 26.2 Å². The van der Waals surface area contributed by atoms with Crippen molar-refractivity contribution < 1.29 is 4.52 Å². The summed E-state index contributed by atoms with van der Waals surface area (Å²) >= 11 is 0. The highest BCUT2D eigenvalue weighted by Crippen LogP contribution is 2.36. The first kappa shape index (κ1) is 17.7. The van der Waals surface area contributed by atoms with E-state index in [1.54, 1.807) is 0 Å². The van der Waals surface area contributed by atoms with Crippen LogP contribution in [0.1, 0.15) is 35.9 Å². The lowest BCUT2D eigenvalue weighted by Gasteiger charge is -2.26. The summed E-state index contributed by atoms with van der Waals surface area (Å²) in [5.41, 5.74) is 7.07. The molecule has 2 aliphatic rings. The van der Waals surface area contributed by atoms with Crippen molar-refractivity contribution in [2.75, 3.05) is 6.54 Å². The van der Waals surface area contributed by atoms with E-state index in [0.29, 0.717) is 6.04 Å². The van der Waals surface area contributed by atoms with E-state index in [4.69, 9.17) is 4.52 Å². The number of nitrogens with zero attached hydrogens (tertiary/aromatic N) is 4. The highest BCUT2D eigenvalue weighted by atomic mass is 16.5. The Kier molecular flexibility index (Phi) is 4.27. The number of aromatic nitrogens is 3. The molecule has 0 unspecified atom stereocenters. The molecule has 0 amide bonds. The number of benzene rings is 2. The molecule has 0 bridgehead atoms. The number of hydrogen-bond acceptors (Lipinski definition) is 4. The standard InChI is InChI=1S/C25H24N4O/c1-2-4-18(5-3-1)19-6-8-20(9-7-19)25-23-16-28(13-12-24(23)30-27-25)15-22-14-26-17-29(22)21-10-11-21/h1-9,14,17,21H,10-13,15-16H2. The smallest absolute Gasteiger partial charge is 0.143 e. The summed E-state index contributed by atoms with van der Waals surface area (Å²) in [6.45, 7) is 2.78. The number of hydrogen-bond donors (Lipinski definition) is 0. The lowest BCUT2D eigenvalue weighted by Crippen LogP contribution is -2.30. The summed E-state index contributed by atoms with van der Waals surface area (Å²) in [6, 6.07) is 19.8. The Morgan fingerprint density at radius 3 is 2.50 bits per heavy atom. The number of rotatable bonds is 5. The van der Waals surface area contributed by atoms with E-state index < -0.39 is 0 Å². The van der Waals surface area contributed by atoms with Crippen LogP contribution in [0.4, 0.5) is 0 Å². The molecular formula is C25H24N4O. The maximum atomic E-state index is 5.72. The van der Waals surface area contributed by atoms with Crippen LogP contribution in [0.15, 0.2) is 71.6 Å². The van der Waals surface area contributed by atoms with Gasteiger partial charge in [-0.3, -0.25) is 4.90 Å². The number of fused-ring (bicyclic) bond motifs is 1. The van der Waals surface area contributed by atoms with Crippen LogP contribution in [0.5, 0.6) is 0 Å². The maximum Gasteiger partial charge on any atom is 0.143 e. The van der Waals surface area contributed by atoms with Gasteiger partial charge in [-0.15, -0.1) is 0 Å². The van der Waals surface area contributed by atoms with Gasteiger partial charge in [0.15, 0.2) is 0 Å². The molecule has 3 heterocycles. The SMILES string of the molecule is c1ccc(-c2ccc(-c3noc4c3CN(Cc3cncn3C3CC3)CC4)cc2)cc1. The summed E-state index contributed by atoms with van der Waals surface area (Å²) in [6.07, 6.45) is 7.47. The molecular weight excluding hydrogens is 372 g/mol. The Labute approximate surface area is 176 Å². The molecule has 4 aromatic rings. The minimum absolute atomic E-state index is 0.664. The first-order chi connectivity index (χ1) is 14.8. The van der Waals surface area contributed by atoms with Crippen molar-refractivity contribution in [2.45, 2.75) is 38.4 Å². The molecule has 2 aromatic carbocycles. The van der Waals surface area contributed by atoms with Gasteiger partial charge in [-0.1, -0.05) is 59.8 Å². The summed E-state index contributed by atoms with van der Waals surface area (Å²) < 4.78 is 8.07. The van der Waals surface area contributed by atoms with Gasteiger partial charge in [-0.2, -0.15) is 0 Å². The Morgan fingerprint density at radius 2 is 1.70 bits per heavy atom.